The first kappa shape index (κ1) is 7.03. The predicted molar refractivity (Wildman–Crippen MR) is 36.7 cm³/mol. The van der Waals surface area contributed by atoms with Crippen LogP contribution in [0, 0.1) is 5.41 Å². The van der Waals surface area contributed by atoms with Crippen LogP contribution in [0.1, 0.15) is 33.6 Å². The van der Waals surface area contributed by atoms with E-state index in [2.05, 4.69) is 6.92 Å². The van der Waals surface area contributed by atoms with Crippen molar-refractivity contribution in [3.63, 3.8) is 0 Å². The molecule has 0 aromatic carbocycles. The van der Waals surface area contributed by atoms with E-state index in [1.54, 1.807) is 0 Å². The van der Waals surface area contributed by atoms with Crippen molar-refractivity contribution in [1.29, 1.82) is 0 Å². The fraction of sp³-hybridized carbons (Fsp3) is 1.00. The molecule has 1 aliphatic carbocycles. The third-order valence-corrected chi connectivity index (χ3v) is 2.75. The topological polar surface area (TPSA) is 35.2 Å². The fourth-order valence-electron chi connectivity index (χ4n) is 0.932. The zero-order valence-corrected chi connectivity index (χ0v) is 6.40. The van der Waals surface area contributed by atoms with Crippen molar-refractivity contribution < 1.29 is 4.84 Å². The van der Waals surface area contributed by atoms with Gasteiger partial charge in [-0.15, -0.1) is 0 Å². The third kappa shape index (κ3) is 0.970. The quantitative estimate of drug-likeness (QED) is 0.573. The average Bonchev–Trinajstić information content (AvgIpc) is 2.49. The molecule has 54 valence electrons. The smallest absolute Gasteiger partial charge is 0.0891 e. The zero-order valence-electron chi connectivity index (χ0n) is 6.40. The molecule has 0 amide bonds. The highest BCUT2D eigenvalue weighted by molar-refractivity contribution is 5.01. The maximum atomic E-state index is 5.13. The van der Waals surface area contributed by atoms with E-state index in [-0.39, 0.29) is 5.60 Å². The first-order valence-corrected chi connectivity index (χ1v) is 3.40. The Morgan fingerprint density at radius 3 is 2.00 bits per heavy atom. The van der Waals surface area contributed by atoms with Crippen LogP contribution in [-0.4, -0.2) is 5.60 Å². The van der Waals surface area contributed by atoms with Crippen LogP contribution in [0.3, 0.4) is 0 Å². The average molecular weight is 129 g/mol. The third-order valence-electron chi connectivity index (χ3n) is 2.75. The summed E-state index contributed by atoms with van der Waals surface area (Å²) in [4.78, 5) is 4.86. The van der Waals surface area contributed by atoms with Gasteiger partial charge in [-0.2, -0.15) is 0 Å². The van der Waals surface area contributed by atoms with Crippen LogP contribution in [0.2, 0.25) is 0 Å². The molecule has 0 aromatic rings. The van der Waals surface area contributed by atoms with Crippen LogP contribution in [-0.2, 0) is 4.84 Å². The van der Waals surface area contributed by atoms with Crippen LogP contribution in [0.15, 0.2) is 0 Å². The van der Waals surface area contributed by atoms with Gasteiger partial charge in [0.25, 0.3) is 0 Å². The summed E-state index contributed by atoms with van der Waals surface area (Å²) in [5.41, 5.74) is 0.217. The highest BCUT2D eigenvalue weighted by atomic mass is 16.6. The van der Waals surface area contributed by atoms with Gasteiger partial charge < -0.3 is 0 Å². The van der Waals surface area contributed by atoms with Crippen molar-refractivity contribution in [2.24, 2.45) is 11.3 Å². The van der Waals surface area contributed by atoms with E-state index in [4.69, 9.17) is 10.7 Å². The van der Waals surface area contributed by atoms with Gasteiger partial charge in [0.2, 0.25) is 0 Å². The van der Waals surface area contributed by atoms with Gasteiger partial charge in [0, 0.05) is 0 Å². The Labute approximate surface area is 56.3 Å². The Balaban J connectivity index is 2.58. The van der Waals surface area contributed by atoms with Crippen molar-refractivity contribution >= 4 is 0 Å². The lowest BCUT2D eigenvalue weighted by atomic mass is 9.90. The Bertz CT molecular complexity index is 116. The summed E-state index contributed by atoms with van der Waals surface area (Å²) in [5, 5.41) is 0. The summed E-state index contributed by atoms with van der Waals surface area (Å²) in [6.07, 6.45) is 2.49. The standard InChI is InChI=1S/C7H15NO/c1-6(2,9-8)7(3)4-5-7/h4-5,8H2,1-3H3. The molecule has 1 rings (SSSR count). The second-order valence-electron chi connectivity index (χ2n) is 3.69. The second kappa shape index (κ2) is 1.70. The van der Waals surface area contributed by atoms with Crippen molar-refractivity contribution in [2.75, 3.05) is 0 Å². The van der Waals surface area contributed by atoms with E-state index in [0.29, 0.717) is 5.41 Å². The molecule has 0 radical (unpaired) electrons. The minimum atomic E-state index is -0.132. The molecule has 2 nitrogen and oxygen atoms in total. The van der Waals surface area contributed by atoms with E-state index < -0.39 is 0 Å². The van der Waals surface area contributed by atoms with E-state index >= 15 is 0 Å². The first-order chi connectivity index (χ1) is 4.02. The molecule has 0 aromatic heterocycles. The molecule has 0 bridgehead atoms. The van der Waals surface area contributed by atoms with Gasteiger partial charge in [0.15, 0.2) is 0 Å². The van der Waals surface area contributed by atoms with Gasteiger partial charge in [0.1, 0.15) is 0 Å². The second-order valence-corrected chi connectivity index (χ2v) is 3.69. The van der Waals surface area contributed by atoms with Gasteiger partial charge in [-0.3, -0.25) is 4.84 Å². The molecular weight excluding hydrogens is 114 g/mol. The SMILES string of the molecule is CC1(C(C)(C)ON)CC1. The van der Waals surface area contributed by atoms with Crippen LogP contribution in [0.5, 0.6) is 0 Å². The summed E-state index contributed by atoms with van der Waals surface area (Å²) in [6, 6.07) is 0. The molecule has 9 heavy (non-hydrogen) atoms. The zero-order chi connectivity index (χ0) is 7.12. The Kier molecular flexibility index (Phi) is 1.33. The molecule has 0 saturated heterocycles. The molecule has 1 aliphatic rings. The van der Waals surface area contributed by atoms with Gasteiger partial charge in [0.05, 0.1) is 5.60 Å². The van der Waals surface area contributed by atoms with Gasteiger partial charge >= 0.3 is 0 Å². The molecule has 0 heterocycles. The van der Waals surface area contributed by atoms with Gasteiger partial charge in [-0.25, -0.2) is 5.90 Å². The molecule has 0 unspecified atom stereocenters. The Morgan fingerprint density at radius 2 is 1.89 bits per heavy atom. The van der Waals surface area contributed by atoms with Crippen LogP contribution in [0.4, 0.5) is 0 Å². The lowest BCUT2D eigenvalue weighted by Gasteiger charge is -2.28. The monoisotopic (exact) mass is 129 g/mol. The minimum absolute atomic E-state index is 0.132. The lowest BCUT2D eigenvalue weighted by Crippen LogP contribution is -2.36. The summed E-state index contributed by atoms with van der Waals surface area (Å²) >= 11 is 0. The van der Waals surface area contributed by atoms with E-state index in [0.717, 1.165) is 0 Å². The van der Waals surface area contributed by atoms with Crippen LogP contribution >= 0.6 is 0 Å². The predicted octanol–water partition coefficient (Wildman–Crippen LogP) is 1.46. The molecule has 1 fully saturated rings. The summed E-state index contributed by atoms with van der Waals surface area (Å²) in [6.45, 7) is 6.29. The fourth-order valence-corrected chi connectivity index (χ4v) is 0.932. The van der Waals surface area contributed by atoms with Crippen LogP contribution in [0.25, 0.3) is 0 Å². The number of hydrogen-bond acceptors (Lipinski definition) is 2. The molecule has 0 atom stereocenters. The maximum absolute atomic E-state index is 5.13. The highest BCUT2D eigenvalue weighted by Crippen LogP contribution is 2.54. The summed E-state index contributed by atoms with van der Waals surface area (Å²) < 4.78 is 0. The van der Waals surface area contributed by atoms with Crippen molar-refractivity contribution in [1.82, 2.24) is 0 Å². The molecule has 2 N–H and O–H groups in total. The van der Waals surface area contributed by atoms with E-state index in [9.17, 15) is 0 Å². The Morgan fingerprint density at radius 1 is 1.44 bits per heavy atom. The molecular formula is C7H15NO. The number of hydrogen-bond donors (Lipinski definition) is 1. The molecule has 1 saturated carbocycles. The minimum Gasteiger partial charge on any atom is -0.298 e. The summed E-state index contributed by atoms with van der Waals surface area (Å²) in [7, 11) is 0. The number of nitrogens with two attached hydrogens (primary N) is 1. The van der Waals surface area contributed by atoms with Crippen molar-refractivity contribution in [2.45, 2.75) is 39.2 Å². The summed E-state index contributed by atoms with van der Waals surface area (Å²) in [5.74, 6) is 5.13. The van der Waals surface area contributed by atoms with E-state index in [1.165, 1.54) is 12.8 Å². The largest absolute Gasteiger partial charge is 0.298 e. The molecule has 2 heteroatoms. The lowest BCUT2D eigenvalue weighted by molar-refractivity contribution is -0.0681. The van der Waals surface area contributed by atoms with Crippen LogP contribution < -0.4 is 5.90 Å². The van der Waals surface area contributed by atoms with Crippen molar-refractivity contribution in [3.8, 4) is 0 Å². The highest BCUT2D eigenvalue weighted by Gasteiger charge is 2.51. The van der Waals surface area contributed by atoms with Gasteiger partial charge in [-0.1, -0.05) is 6.92 Å². The van der Waals surface area contributed by atoms with Gasteiger partial charge in [-0.05, 0) is 32.1 Å². The molecule has 0 spiro atoms. The first-order valence-electron chi connectivity index (χ1n) is 3.40. The van der Waals surface area contributed by atoms with Crippen molar-refractivity contribution in [3.05, 3.63) is 0 Å². The molecule has 0 aliphatic heterocycles. The maximum Gasteiger partial charge on any atom is 0.0891 e. The normalized spacial score (nSPS) is 24.0. The Hall–Kier alpha value is -0.0800. The van der Waals surface area contributed by atoms with E-state index in [1.807, 2.05) is 13.8 Å². The number of rotatable bonds is 2.